The van der Waals surface area contributed by atoms with Gasteiger partial charge in [0, 0.05) is 10.8 Å². The zero-order chi connectivity index (χ0) is 9.26. The molecule has 1 N–H and O–H groups in total. The Morgan fingerprint density at radius 2 is 1.85 bits per heavy atom. The van der Waals surface area contributed by atoms with Crippen LogP contribution < -0.4 is 0 Å². The molecule has 3 heteroatoms. The molecule has 3 nitrogen and oxygen atoms in total. The molecule has 1 heterocycles. The maximum atomic E-state index is 9.35. The Bertz CT molecular complexity index is 426. The highest BCUT2D eigenvalue weighted by molar-refractivity contribution is 5.81. The molecule has 1 aromatic carbocycles. The van der Waals surface area contributed by atoms with Gasteiger partial charge in [-0.3, -0.25) is 0 Å². The SMILES string of the molecule is CC(O)c1ccc2cnncc2c1. The summed E-state index contributed by atoms with van der Waals surface area (Å²) in [6, 6.07) is 5.76. The second kappa shape index (κ2) is 3.11. The van der Waals surface area contributed by atoms with Gasteiger partial charge in [-0.15, -0.1) is 0 Å². The molecule has 0 fully saturated rings. The minimum Gasteiger partial charge on any atom is -0.389 e. The van der Waals surface area contributed by atoms with Crippen LogP contribution in [0, 0.1) is 0 Å². The molecule has 2 aromatic rings. The van der Waals surface area contributed by atoms with E-state index >= 15 is 0 Å². The molecule has 66 valence electrons. The van der Waals surface area contributed by atoms with Crippen LogP contribution in [0.3, 0.4) is 0 Å². The van der Waals surface area contributed by atoms with Gasteiger partial charge in [-0.25, -0.2) is 0 Å². The van der Waals surface area contributed by atoms with Crippen molar-refractivity contribution < 1.29 is 5.11 Å². The zero-order valence-corrected chi connectivity index (χ0v) is 7.31. The van der Waals surface area contributed by atoms with Gasteiger partial charge in [0.15, 0.2) is 0 Å². The molecule has 0 spiro atoms. The molecule has 0 amide bonds. The largest absolute Gasteiger partial charge is 0.389 e. The molecule has 0 radical (unpaired) electrons. The smallest absolute Gasteiger partial charge is 0.0762 e. The van der Waals surface area contributed by atoms with E-state index in [1.54, 1.807) is 19.3 Å². The van der Waals surface area contributed by atoms with E-state index in [2.05, 4.69) is 10.2 Å². The van der Waals surface area contributed by atoms with Crippen molar-refractivity contribution in [1.29, 1.82) is 0 Å². The van der Waals surface area contributed by atoms with Crippen LogP contribution in [0.15, 0.2) is 30.6 Å². The summed E-state index contributed by atoms with van der Waals surface area (Å²) in [5, 5.41) is 19.0. The standard InChI is InChI=1S/C10H10N2O/c1-7(13)8-2-3-9-5-11-12-6-10(9)4-8/h2-7,13H,1H3. The van der Waals surface area contributed by atoms with Crippen LogP contribution in [0.25, 0.3) is 10.8 Å². The lowest BCUT2D eigenvalue weighted by Crippen LogP contribution is -1.90. The maximum Gasteiger partial charge on any atom is 0.0762 e. The lowest BCUT2D eigenvalue weighted by Gasteiger charge is -2.04. The topological polar surface area (TPSA) is 46.0 Å². The van der Waals surface area contributed by atoms with Crippen LogP contribution >= 0.6 is 0 Å². The number of hydrogen-bond acceptors (Lipinski definition) is 3. The van der Waals surface area contributed by atoms with Gasteiger partial charge in [0.25, 0.3) is 0 Å². The molecule has 1 unspecified atom stereocenters. The van der Waals surface area contributed by atoms with E-state index in [4.69, 9.17) is 0 Å². The molecule has 1 aromatic heterocycles. The third-order valence-corrected chi connectivity index (χ3v) is 2.05. The highest BCUT2D eigenvalue weighted by Crippen LogP contribution is 2.18. The van der Waals surface area contributed by atoms with Crippen LogP contribution in [0.4, 0.5) is 0 Å². The summed E-state index contributed by atoms with van der Waals surface area (Å²) < 4.78 is 0. The van der Waals surface area contributed by atoms with Crippen molar-refractivity contribution in [3.63, 3.8) is 0 Å². The van der Waals surface area contributed by atoms with E-state index in [1.807, 2.05) is 18.2 Å². The number of hydrogen-bond donors (Lipinski definition) is 1. The Balaban J connectivity index is 2.62. The van der Waals surface area contributed by atoms with Crippen molar-refractivity contribution >= 4 is 10.8 Å². The summed E-state index contributed by atoms with van der Waals surface area (Å²) in [4.78, 5) is 0. The van der Waals surface area contributed by atoms with Crippen LogP contribution in [0.5, 0.6) is 0 Å². The van der Waals surface area contributed by atoms with Gasteiger partial charge in [0.1, 0.15) is 0 Å². The molecule has 1 atom stereocenters. The fourth-order valence-corrected chi connectivity index (χ4v) is 1.27. The summed E-state index contributed by atoms with van der Waals surface area (Å²) >= 11 is 0. The van der Waals surface area contributed by atoms with E-state index in [0.717, 1.165) is 16.3 Å². The lowest BCUT2D eigenvalue weighted by atomic mass is 10.1. The molecule has 2 rings (SSSR count). The summed E-state index contributed by atoms with van der Waals surface area (Å²) in [7, 11) is 0. The Morgan fingerprint density at radius 1 is 1.15 bits per heavy atom. The quantitative estimate of drug-likeness (QED) is 0.715. The first-order chi connectivity index (χ1) is 6.27. The number of aliphatic hydroxyl groups is 1. The number of benzene rings is 1. The highest BCUT2D eigenvalue weighted by Gasteiger charge is 2.01. The molecule has 13 heavy (non-hydrogen) atoms. The van der Waals surface area contributed by atoms with E-state index in [0.29, 0.717) is 0 Å². The van der Waals surface area contributed by atoms with Gasteiger partial charge in [-0.05, 0) is 18.6 Å². The van der Waals surface area contributed by atoms with Crippen molar-refractivity contribution in [2.45, 2.75) is 13.0 Å². The first-order valence-electron chi connectivity index (χ1n) is 4.16. The van der Waals surface area contributed by atoms with Gasteiger partial charge in [-0.1, -0.05) is 12.1 Å². The maximum absolute atomic E-state index is 9.35. The average molecular weight is 174 g/mol. The summed E-state index contributed by atoms with van der Waals surface area (Å²) in [6.07, 6.45) is 2.97. The number of aliphatic hydroxyl groups excluding tert-OH is 1. The summed E-state index contributed by atoms with van der Waals surface area (Å²) in [5.74, 6) is 0. The predicted octanol–water partition coefficient (Wildman–Crippen LogP) is 1.68. The van der Waals surface area contributed by atoms with Gasteiger partial charge >= 0.3 is 0 Å². The summed E-state index contributed by atoms with van der Waals surface area (Å²) in [6.45, 7) is 1.75. The lowest BCUT2D eigenvalue weighted by molar-refractivity contribution is 0.199. The molecule has 0 aliphatic rings. The molecule has 0 saturated heterocycles. The van der Waals surface area contributed by atoms with E-state index in [-0.39, 0.29) is 0 Å². The second-order valence-corrected chi connectivity index (χ2v) is 3.05. The van der Waals surface area contributed by atoms with Crippen LogP contribution in [0.2, 0.25) is 0 Å². The van der Waals surface area contributed by atoms with Gasteiger partial charge in [-0.2, -0.15) is 10.2 Å². The zero-order valence-electron chi connectivity index (χ0n) is 7.31. The van der Waals surface area contributed by atoms with Crippen molar-refractivity contribution in [3.05, 3.63) is 36.2 Å². The normalized spacial score (nSPS) is 13.1. The predicted molar refractivity (Wildman–Crippen MR) is 50.2 cm³/mol. The van der Waals surface area contributed by atoms with Crippen molar-refractivity contribution in [2.75, 3.05) is 0 Å². The van der Waals surface area contributed by atoms with Crippen LogP contribution in [-0.2, 0) is 0 Å². The fourth-order valence-electron chi connectivity index (χ4n) is 1.27. The Labute approximate surface area is 76.0 Å². The highest BCUT2D eigenvalue weighted by atomic mass is 16.3. The third kappa shape index (κ3) is 1.51. The van der Waals surface area contributed by atoms with Crippen LogP contribution in [-0.4, -0.2) is 15.3 Å². The number of aromatic nitrogens is 2. The van der Waals surface area contributed by atoms with Crippen molar-refractivity contribution in [2.24, 2.45) is 0 Å². The Hall–Kier alpha value is -1.48. The second-order valence-electron chi connectivity index (χ2n) is 3.05. The number of fused-ring (bicyclic) bond motifs is 1. The van der Waals surface area contributed by atoms with Crippen molar-refractivity contribution in [3.8, 4) is 0 Å². The minimum absolute atomic E-state index is 0.433. The monoisotopic (exact) mass is 174 g/mol. The minimum atomic E-state index is -0.433. The molecule has 0 aliphatic heterocycles. The average Bonchev–Trinajstić information content (AvgIpc) is 2.17. The van der Waals surface area contributed by atoms with Crippen molar-refractivity contribution in [1.82, 2.24) is 10.2 Å². The fraction of sp³-hybridized carbons (Fsp3) is 0.200. The molecule has 0 bridgehead atoms. The van der Waals surface area contributed by atoms with Gasteiger partial charge in [0.2, 0.25) is 0 Å². The van der Waals surface area contributed by atoms with E-state index in [1.165, 1.54) is 0 Å². The number of rotatable bonds is 1. The molecule has 0 saturated carbocycles. The van der Waals surface area contributed by atoms with E-state index < -0.39 is 6.10 Å². The van der Waals surface area contributed by atoms with Crippen LogP contribution in [0.1, 0.15) is 18.6 Å². The first kappa shape index (κ1) is 8.13. The third-order valence-electron chi connectivity index (χ3n) is 2.05. The molecular formula is C10H10N2O. The van der Waals surface area contributed by atoms with Gasteiger partial charge < -0.3 is 5.11 Å². The Kier molecular flexibility index (Phi) is 1.94. The van der Waals surface area contributed by atoms with Gasteiger partial charge in [0.05, 0.1) is 18.5 Å². The Morgan fingerprint density at radius 3 is 2.54 bits per heavy atom. The summed E-state index contributed by atoms with van der Waals surface area (Å²) in [5.41, 5.74) is 0.903. The first-order valence-corrected chi connectivity index (χ1v) is 4.16. The molecule has 0 aliphatic carbocycles. The molecular weight excluding hydrogens is 164 g/mol. The van der Waals surface area contributed by atoms with E-state index in [9.17, 15) is 5.11 Å². The number of nitrogens with zero attached hydrogens (tertiary/aromatic N) is 2.